The molecule has 0 fully saturated rings. The summed E-state index contributed by atoms with van der Waals surface area (Å²) in [7, 11) is -3.59. The zero-order chi connectivity index (χ0) is 24.0. The van der Waals surface area contributed by atoms with Crippen LogP contribution in [0.3, 0.4) is 0 Å². The number of nitrogens with zero attached hydrogens (tertiary/aromatic N) is 1. The number of carbonyl (C=O) groups excluding carboxylic acids is 2. The molecule has 0 unspecified atom stereocenters. The molecule has 0 N–H and O–H groups in total. The number of ketones is 1. The topological polar surface area (TPSA) is 82.4 Å². The Bertz CT molecular complexity index is 1230. The van der Waals surface area contributed by atoms with Gasteiger partial charge in [0, 0.05) is 23.5 Å². The van der Waals surface area contributed by atoms with Crippen LogP contribution < -0.4 is 0 Å². The summed E-state index contributed by atoms with van der Waals surface area (Å²) < 4.78 is 31.9. The Morgan fingerprint density at radius 2 is 1.61 bits per heavy atom. The maximum absolute atomic E-state index is 12.7. The van der Waals surface area contributed by atoms with Crippen LogP contribution in [0.2, 0.25) is 0 Å². The molecule has 0 bridgehead atoms. The maximum atomic E-state index is 12.7. The molecule has 3 aromatic rings. The van der Waals surface area contributed by atoms with Crippen molar-refractivity contribution >= 4 is 21.6 Å². The minimum Gasteiger partial charge on any atom is -0.457 e. The van der Waals surface area contributed by atoms with E-state index < -0.39 is 22.4 Å². The van der Waals surface area contributed by atoms with Crippen molar-refractivity contribution in [1.82, 2.24) is 4.57 Å². The van der Waals surface area contributed by atoms with Crippen LogP contribution in [0.5, 0.6) is 0 Å². The number of aryl methyl sites for hydroxylation is 3. The minimum atomic E-state index is -3.59. The zero-order valence-electron chi connectivity index (χ0n) is 19.2. The second-order valence-electron chi connectivity index (χ2n) is 8.14. The van der Waals surface area contributed by atoms with E-state index in [4.69, 9.17) is 4.74 Å². The first kappa shape index (κ1) is 24.5. The third-order valence-corrected chi connectivity index (χ3v) is 7.39. The summed E-state index contributed by atoms with van der Waals surface area (Å²) in [5.74, 6) is -1.38. The van der Waals surface area contributed by atoms with Gasteiger partial charge in [0.05, 0.1) is 17.1 Å². The predicted molar refractivity (Wildman–Crippen MR) is 127 cm³/mol. The molecule has 2 aromatic carbocycles. The van der Waals surface area contributed by atoms with Crippen molar-refractivity contribution in [2.75, 3.05) is 12.4 Å². The standard InChI is InChI=1S/C26H29NO5S/c1-19-9-11-23(12-10-19)33(30,31)16-14-26(29)32-18-25(28)24-17-20(2)27(21(24)3)15-13-22-7-5-4-6-8-22/h4-12,17H,13-16,18H2,1-3H3. The molecule has 174 valence electrons. The fourth-order valence-electron chi connectivity index (χ4n) is 3.69. The van der Waals surface area contributed by atoms with Gasteiger partial charge in [0.2, 0.25) is 5.78 Å². The van der Waals surface area contributed by atoms with Crippen molar-refractivity contribution in [2.24, 2.45) is 0 Å². The van der Waals surface area contributed by atoms with Crippen LogP contribution in [0.4, 0.5) is 0 Å². The fourth-order valence-corrected chi connectivity index (χ4v) is 4.91. The van der Waals surface area contributed by atoms with E-state index in [1.807, 2.05) is 39.0 Å². The van der Waals surface area contributed by atoms with Gasteiger partial charge in [-0.25, -0.2) is 8.42 Å². The number of Topliss-reactive ketones (excluding diaryl/α,β-unsaturated/α-hetero) is 1. The minimum absolute atomic E-state index is 0.167. The van der Waals surface area contributed by atoms with Gasteiger partial charge in [0.15, 0.2) is 16.4 Å². The first-order chi connectivity index (χ1) is 15.7. The van der Waals surface area contributed by atoms with Crippen molar-refractivity contribution in [3.05, 3.63) is 88.7 Å². The molecular formula is C26H29NO5S. The molecule has 0 radical (unpaired) electrons. The number of hydrogen-bond acceptors (Lipinski definition) is 5. The third-order valence-electron chi connectivity index (χ3n) is 5.66. The van der Waals surface area contributed by atoms with E-state index in [0.717, 1.165) is 29.9 Å². The highest BCUT2D eigenvalue weighted by molar-refractivity contribution is 7.91. The highest BCUT2D eigenvalue weighted by Crippen LogP contribution is 2.18. The normalized spacial score (nSPS) is 11.4. The molecule has 7 heteroatoms. The molecule has 0 atom stereocenters. The Balaban J connectivity index is 1.53. The van der Waals surface area contributed by atoms with Crippen molar-refractivity contribution in [1.29, 1.82) is 0 Å². The molecule has 6 nitrogen and oxygen atoms in total. The quantitative estimate of drug-likeness (QED) is 0.329. The molecule has 0 spiro atoms. The van der Waals surface area contributed by atoms with Gasteiger partial charge >= 0.3 is 5.97 Å². The molecule has 33 heavy (non-hydrogen) atoms. The fraction of sp³-hybridized carbons (Fsp3) is 0.308. The molecule has 1 aromatic heterocycles. The van der Waals surface area contributed by atoms with Gasteiger partial charge in [0.1, 0.15) is 0 Å². The van der Waals surface area contributed by atoms with E-state index >= 15 is 0 Å². The van der Waals surface area contributed by atoms with E-state index in [0.29, 0.717) is 5.56 Å². The van der Waals surface area contributed by atoms with Gasteiger partial charge in [-0.3, -0.25) is 9.59 Å². The second-order valence-corrected chi connectivity index (χ2v) is 10.2. The SMILES string of the molecule is Cc1ccc(S(=O)(=O)CCC(=O)OCC(=O)c2cc(C)n(CCc3ccccc3)c2C)cc1. The van der Waals surface area contributed by atoms with Gasteiger partial charge in [0.25, 0.3) is 0 Å². The number of aromatic nitrogens is 1. The first-order valence-corrected chi connectivity index (χ1v) is 12.5. The summed E-state index contributed by atoms with van der Waals surface area (Å²) in [5.41, 5.74) is 4.47. The number of benzene rings is 2. The number of rotatable bonds is 10. The van der Waals surface area contributed by atoms with E-state index in [2.05, 4.69) is 16.7 Å². The highest BCUT2D eigenvalue weighted by Gasteiger charge is 2.20. The van der Waals surface area contributed by atoms with Crippen LogP contribution in [0.25, 0.3) is 0 Å². The molecule has 1 heterocycles. The van der Waals surface area contributed by atoms with E-state index in [1.54, 1.807) is 18.2 Å². The predicted octanol–water partition coefficient (Wildman–Crippen LogP) is 4.25. The number of ether oxygens (including phenoxy) is 1. The zero-order valence-corrected chi connectivity index (χ0v) is 20.0. The van der Waals surface area contributed by atoms with E-state index in [1.165, 1.54) is 17.7 Å². The molecule has 0 saturated heterocycles. The lowest BCUT2D eigenvalue weighted by Crippen LogP contribution is -2.18. The van der Waals surface area contributed by atoms with Crippen molar-refractivity contribution < 1.29 is 22.7 Å². The summed E-state index contributed by atoms with van der Waals surface area (Å²) in [6.07, 6.45) is 0.537. The lowest BCUT2D eigenvalue weighted by molar-refractivity contribution is -0.142. The lowest BCUT2D eigenvalue weighted by atomic mass is 10.1. The van der Waals surface area contributed by atoms with Gasteiger partial charge < -0.3 is 9.30 Å². The number of carbonyl (C=O) groups is 2. The summed E-state index contributed by atoms with van der Waals surface area (Å²) in [6, 6.07) is 18.4. The van der Waals surface area contributed by atoms with E-state index in [9.17, 15) is 18.0 Å². The average Bonchev–Trinajstić information content (AvgIpc) is 3.09. The van der Waals surface area contributed by atoms with E-state index in [-0.39, 0.29) is 22.9 Å². The second kappa shape index (κ2) is 10.6. The summed E-state index contributed by atoms with van der Waals surface area (Å²) in [6.45, 7) is 6.02. The monoisotopic (exact) mass is 467 g/mol. The number of esters is 1. The van der Waals surface area contributed by atoms with Crippen molar-refractivity contribution in [3.63, 3.8) is 0 Å². The van der Waals surface area contributed by atoms with Crippen LogP contribution in [0.1, 0.15) is 39.3 Å². The summed E-state index contributed by atoms with van der Waals surface area (Å²) in [4.78, 5) is 24.9. The van der Waals surface area contributed by atoms with Crippen molar-refractivity contribution in [3.8, 4) is 0 Å². The molecular weight excluding hydrogens is 438 g/mol. The molecule has 3 rings (SSSR count). The first-order valence-electron chi connectivity index (χ1n) is 10.9. The molecule has 0 aliphatic carbocycles. The Morgan fingerprint density at radius 1 is 0.939 bits per heavy atom. The van der Waals surface area contributed by atoms with Crippen molar-refractivity contribution in [2.45, 2.75) is 45.1 Å². The van der Waals surface area contributed by atoms with Gasteiger partial charge in [-0.05, 0) is 51.0 Å². The van der Waals surface area contributed by atoms with Gasteiger partial charge in [-0.15, -0.1) is 0 Å². The lowest BCUT2D eigenvalue weighted by Gasteiger charge is -2.10. The largest absolute Gasteiger partial charge is 0.457 e. The molecule has 0 saturated carbocycles. The van der Waals surface area contributed by atoms with Gasteiger partial charge in [-0.1, -0.05) is 48.0 Å². The summed E-state index contributed by atoms with van der Waals surface area (Å²) in [5, 5.41) is 0. The van der Waals surface area contributed by atoms with Crippen LogP contribution in [-0.2, 0) is 32.3 Å². The highest BCUT2D eigenvalue weighted by atomic mass is 32.2. The Labute approximate surface area is 195 Å². The van der Waals surface area contributed by atoms with Crippen LogP contribution in [-0.4, -0.2) is 37.1 Å². The Hall–Kier alpha value is -3.19. The van der Waals surface area contributed by atoms with Crippen LogP contribution in [0, 0.1) is 20.8 Å². The number of hydrogen-bond donors (Lipinski definition) is 0. The smallest absolute Gasteiger partial charge is 0.307 e. The molecule has 0 aliphatic rings. The number of sulfone groups is 1. The van der Waals surface area contributed by atoms with Crippen LogP contribution >= 0.6 is 0 Å². The summed E-state index contributed by atoms with van der Waals surface area (Å²) >= 11 is 0. The van der Waals surface area contributed by atoms with Gasteiger partial charge in [-0.2, -0.15) is 0 Å². The average molecular weight is 468 g/mol. The third kappa shape index (κ3) is 6.42. The molecule has 0 aliphatic heterocycles. The Morgan fingerprint density at radius 3 is 2.27 bits per heavy atom. The molecule has 0 amide bonds. The Kier molecular flexibility index (Phi) is 7.87. The maximum Gasteiger partial charge on any atom is 0.307 e. The van der Waals surface area contributed by atoms with Crippen LogP contribution in [0.15, 0.2) is 65.6 Å².